The quantitative estimate of drug-likeness (QED) is 0.363. The second-order valence-corrected chi connectivity index (χ2v) is 5.45. The number of cyclic esters (lactones) is 1. The standard InChI is InChI=1S/C18H14N2O5/c1-11-4-3-5-15(8-11)25-17-7-6-14(20(22)23)9-13(17)10-16-18(21)24-12(2)19-16/h3-10H,1-2H3. The number of rotatable bonds is 4. The lowest BCUT2D eigenvalue weighted by Crippen LogP contribution is -2.00. The number of nitro benzene ring substituents is 1. The lowest BCUT2D eigenvalue weighted by atomic mass is 10.1. The second kappa shape index (κ2) is 6.56. The third kappa shape index (κ3) is 3.72. The molecule has 0 fully saturated rings. The number of aryl methyl sites for hydroxylation is 1. The fourth-order valence-corrected chi connectivity index (χ4v) is 2.32. The fourth-order valence-electron chi connectivity index (χ4n) is 2.32. The molecule has 0 aromatic heterocycles. The third-order valence-electron chi connectivity index (χ3n) is 3.44. The minimum atomic E-state index is -0.606. The highest BCUT2D eigenvalue weighted by Gasteiger charge is 2.21. The Hall–Kier alpha value is -3.48. The molecule has 0 radical (unpaired) electrons. The van der Waals surface area contributed by atoms with Crippen LogP contribution in [0.25, 0.3) is 6.08 Å². The predicted molar refractivity (Wildman–Crippen MR) is 91.5 cm³/mol. The average molecular weight is 338 g/mol. The number of non-ortho nitro benzene ring substituents is 1. The van der Waals surface area contributed by atoms with Crippen molar-refractivity contribution in [3.63, 3.8) is 0 Å². The van der Waals surface area contributed by atoms with Gasteiger partial charge in [-0.2, -0.15) is 0 Å². The molecule has 2 aromatic carbocycles. The van der Waals surface area contributed by atoms with Gasteiger partial charge in [0, 0.05) is 24.6 Å². The number of carbonyl (C=O) groups excluding carboxylic acids is 1. The average Bonchev–Trinajstić information content (AvgIpc) is 2.86. The minimum absolute atomic E-state index is 0.0621. The van der Waals surface area contributed by atoms with E-state index < -0.39 is 10.9 Å². The van der Waals surface area contributed by atoms with E-state index in [-0.39, 0.29) is 17.3 Å². The van der Waals surface area contributed by atoms with Crippen LogP contribution in [0, 0.1) is 17.0 Å². The van der Waals surface area contributed by atoms with Crippen molar-refractivity contribution in [2.45, 2.75) is 13.8 Å². The molecule has 7 nitrogen and oxygen atoms in total. The SMILES string of the molecule is CC1=NC(=Cc2cc([N+](=O)[O-])ccc2Oc2cccc(C)c2)C(=O)O1. The normalized spacial score (nSPS) is 15.0. The van der Waals surface area contributed by atoms with Crippen LogP contribution in [0.15, 0.2) is 53.2 Å². The molecule has 1 aliphatic heterocycles. The lowest BCUT2D eigenvalue weighted by Gasteiger charge is -2.09. The van der Waals surface area contributed by atoms with Crippen molar-refractivity contribution in [3.05, 3.63) is 69.4 Å². The zero-order valence-electron chi connectivity index (χ0n) is 13.6. The van der Waals surface area contributed by atoms with Crippen molar-refractivity contribution in [1.82, 2.24) is 0 Å². The third-order valence-corrected chi connectivity index (χ3v) is 3.44. The first-order valence-corrected chi connectivity index (χ1v) is 7.44. The van der Waals surface area contributed by atoms with Crippen LogP contribution >= 0.6 is 0 Å². The van der Waals surface area contributed by atoms with Crippen LogP contribution in [-0.4, -0.2) is 16.8 Å². The molecule has 7 heteroatoms. The summed E-state index contributed by atoms with van der Waals surface area (Å²) in [7, 11) is 0. The van der Waals surface area contributed by atoms with Crippen molar-refractivity contribution < 1.29 is 19.2 Å². The first-order chi connectivity index (χ1) is 11.9. The van der Waals surface area contributed by atoms with Crippen molar-refractivity contribution in [2.24, 2.45) is 4.99 Å². The zero-order chi connectivity index (χ0) is 18.0. The van der Waals surface area contributed by atoms with Gasteiger partial charge in [-0.15, -0.1) is 0 Å². The Balaban J connectivity index is 2.04. The van der Waals surface area contributed by atoms with Gasteiger partial charge in [0.1, 0.15) is 11.5 Å². The summed E-state index contributed by atoms with van der Waals surface area (Å²) in [6.07, 6.45) is 1.41. The maximum atomic E-state index is 11.7. The largest absolute Gasteiger partial charge is 0.457 e. The molecule has 0 saturated heterocycles. The van der Waals surface area contributed by atoms with Crippen molar-refractivity contribution in [3.8, 4) is 11.5 Å². The highest BCUT2D eigenvalue weighted by atomic mass is 16.6. The molecule has 2 aromatic rings. The van der Waals surface area contributed by atoms with Crippen LogP contribution < -0.4 is 4.74 Å². The van der Waals surface area contributed by atoms with Crippen LogP contribution in [0.3, 0.4) is 0 Å². The Morgan fingerprint density at radius 2 is 2.00 bits per heavy atom. The van der Waals surface area contributed by atoms with Gasteiger partial charge in [0.25, 0.3) is 5.69 Å². The topological polar surface area (TPSA) is 91.0 Å². The minimum Gasteiger partial charge on any atom is -0.457 e. The Morgan fingerprint density at radius 3 is 2.64 bits per heavy atom. The number of nitro groups is 1. The lowest BCUT2D eigenvalue weighted by molar-refractivity contribution is -0.384. The summed E-state index contributed by atoms with van der Waals surface area (Å²) in [5, 5.41) is 11.0. The van der Waals surface area contributed by atoms with Crippen LogP contribution in [0.2, 0.25) is 0 Å². The molecular formula is C18H14N2O5. The number of nitrogens with zero attached hydrogens (tertiary/aromatic N) is 2. The number of hydrogen-bond acceptors (Lipinski definition) is 6. The summed E-state index contributed by atoms with van der Waals surface area (Å²) in [6.45, 7) is 3.48. The molecule has 25 heavy (non-hydrogen) atoms. The van der Waals surface area contributed by atoms with Crippen LogP contribution in [0.5, 0.6) is 11.5 Å². The summed E-state index contributed by atoms with van der Waals surface area (Å²) >= 11 is 0. The molecular weight excluding hydrogens is 324 g/mol. The van der Waals surface area contributed by atoms with Crippen molar-refractivity contribution >= 4 is 23.6 Å². The highest BCUT2D eigenvalue weighted by molar-refractivity contribution is 6.06. The summed E-state index contributed by atoms with van der Waals surface area (Å²) in [5.41, 5.74) is 1.32. The highest BCUT2D eigenvalue weighted by Crippen LogP contribution is 2.31. The maximum Gasteiger partial charge on any atom is 0.363 e. The molecule has 0 N–H and O–H groups in total. The van der Waals surface area contributed by atoms with E-state index in [4.69, 9.17) is 9.47 Å². The fraction of sp³-hybridized carbons (Fsp3) is 0.111. The van der Waals surface area contributed by atoms with Crippen LogP contribution in [0.1, 0.15) is 18.1 Å². The van der Waals surface area contributed by atoms with E-state index in [0.717, 1.165) is 5.56 Å². The number of ether oxygens (including phenoxy) is 2. The Kier molecular flexibility index (Phi) is 4.30. The van der Waals surface area contributed by atoms with Crippen LogP contribution in [-0.2, 0) is 9.53 Å². The monoisotopic (exact) mass is 338 g/mol. The number of hydrogen-bond donors (Lipinski definition) is 0. The van der Waals surface area contributed by atoms with Gasteiger partial charge >= 0.3 is 5.97 Å². The van der Waals surface area contributed by atoms with E-state index in [2.05, 4.69) is 4.99 Å². The van der Waals surface area contributed by atoms with Gasteiger partial charge in [-0.05, 0) is 36.8 Å². The molecule has 0 atom stereocenters. The smallest absolute Gasteiger partial charge is 0.363 e. The van der Waals surface area contributed by atoms with Crippen molar-refractivity contribution in [1.29, 1.82) is 0 Å². The first-order valence-electron chi connectivity index (χ1n) is 7.44. The van der Waals surface area contributed by atoms with Gasteiger partial charge in [0.2, 0.25) is 0 Å². The summed E-state index contributed by atoms with van der Waals surface area (Å²) in [5.74, 6) is 0.576. The molecule has 0 saturated carbocycles. The van der Waals surface area contributed by atoms with E-state index in [1.54, 1.807) is 13.0 Å². The Labute approximate surface area is 143 Å². The predicted octanol–water partition coefficient (Wildman–Crippen LogP) is 4.01. The van der Waals surface area contributed by atoms with Gasteiger partial charge in [0.15, 0.2) is 11.6 Å². The summed E-state index contributed by atoms with van der Waals surface area (Å²) < 4.78 is 10.7. The van der Waals surface area contributed by atoms with E-state index in [0.29, 0.717) is 17.1 Å². The molecule has 0 spiro atoms. The maximum absolute atomic E-state index is 11.7. The number of carbonyl (C=O) groups is 1. The van der Waals surface area contributed by atoms with Crippen molar-refractivity contribution in [2.75, 3.05) is 0 Å². The van der Waals surface area contributed by atoms with Gasteiger partial charge in [-0.25, -0.2) is 9.79 Å². The Bertz CT molecular complexity index is 931. The molecule has 1 aliphatic rings. The number of esters is 1. The molecule has 0 bridgehead atoms. The van der Waals surface area contributed by atoms with E-state index in [1.165, 1.54) is 24.3 Å². The molecule has 0 unspecified atom stereocenters. The number of benzene rings is 2. The van der Waals surface area contributed by atoms with Gasteiger partial charge < -0.3 is 9.47 Å². The Morgan fingerprint density at radius 1 is 1.20 bits per heavy atom. The van der Waals surface area contributed by atoms with E-state index in [1.807, 2.05) is 25.1 Å². The molecule has 0 amide bonds. The number of aliphatic imine (C=N–C) groups is 1. The molecule has 1 heterocycles. The van der Waals surface area contributed by atoms with E-state index in [9.17, 15) is 14.9 Å². The first kappa shape index (κ1) is 16.4. The van der Waals surface area contributed by atoms with Crippen LogP contribution in [0.4, 0.5) is 5.69 Å². The summed E-state index contributed by atoms with van der Waals surface area (Å²) in [4.78, 5) is 26.3. The molecule has 3 rings (SSSR count). The summed E-state index contributed by atoms with van der Waals surface area (Å²) in [6, 6.07) is 11.5. The van der Waals surface area contributed by atoms with E-state index >= 15 is 0 Å². The van der Waals surface area contributed by atoms with Gasteiger partial charge in [-0.1, -0.05) is 12.1 Å². The van der Waals surface area contributed by atoms with Gasteiger partial charge in [-0.3, -0.25) is 10.1 Å². The molecule has 0 aliphatic carbocycles. The van der Waals surface area contributed by atoms with Gasteiger partial charge in [0.05, 0.1) is 4.92 Å². The molecule has 126 valence electrons. The second-order valence-electron chi connectivity index (χ2n) is 5.45. The zero-order valence-corrected chi connectivity index (χ0v) is 13.6.